The Labute approximate surface area is 245 Å². The highest BCUT2D eigenvalue weighted by molar-refractivity contribution is 6.11. The fourth-order valence-electron chi connectivity index (χ4n) is 6.63. The molecule has 3 heteroatoms. The summed E-state index contributed by atoms with van der Waals surface area (Å²) >= 11 is 0. The molecule has 1 aliphatic rings. The summed E-state index contributed by atoms with van der Waals surface area (Å²) in [7, 11) is 0. The van der Waals surface area contributed by atoms with E-state index in [4.69, 9.17) is 9.97 Å². The predicted octanol–water partition coefficient (Wildman–Crippen LogP) is 10.2. The largest absolute Gasteiger partial charge is 0.310 e. The van der Waals surface area contributed by atoms with Crippen LogP contribution >= 0.6 is 0 Å². The number of nitrogens with zero attached hydrogens (tertiary/aromatic N) is 3. The lowest BCUT2D eigenvalue weighted by Crippen LogP contribution is -2.16. The van der Waals surface area contributed by atoms with Crippen molar-refractivity contribution in [2.24, 2.45) is 0 Å². The number of anilines is 3. The highest BCUT2D eigenvalue weighted by Gasteiger charge is 2.35. The van der Waals surface area contributed by atoms with Crippen LogP contribution in [0.25, 0.3) is 44.1 Å². The van der Waals surface area contributed by atoms with Gasteiger partial charge in [0, 0.05) is 34.6 Å². The van der Waals surface area contributed by atoms with Gasteiger partial charge in [0.15, 0.2) is 0 Å². The van der Waals surface area contributed by atoms with Gasteiger partial charge in [0.05, 0.1) is 22.1 Å². The lowest BCUT2D eigenvalue weighted by Gasteiger charge is -2.29. The molecule has 5 aromatic carbocycles. The molecule has 0 saturated heterocycles. The smallest absolute Gasteiger partial charge is 0.0832 e. The SMILES string of the molecule is CC1(C)c2ccccc2-c2ccc(N(c3ccc(-c4ccccc4)cc3)c3cccc4ncc5cccnc5c34)cc21. The maximum atomic E-state index is 4.83. The van der Waals surface area contributed by atoms with Crippen LogP contribution in [0, 0.1) is 0 Å². The Morgan fingerprint density at radius 3 is 2.17 bits per heavy atom. The Bertz CT molecular complexity index is 2110. The van der Waals surface area contributed by atoms with E-state index in [9.17, 15) is 0 Å². The summed E-state index contributed by atoms with van der Waals surface area (Å²) in [6.07, 6.45) is 3.79. The highest BCUT2D eigenvalue weighted by Crippen LogP contribution is 2.51. The number of fused-ring (bicyclic) bond motifs is 6. The Kier molecular flexibility index (Phi) is 5.48. The Balaban J connectivity index is 1.37. The standard InChI is InChI=1S/C39H29N3/c1-39(2)33-14-7-6-13-31(33)32-22-21-30(24-34(32)39)42(29-19-17-27(18-20-29)26-10-4-3-5-11-26)36-16-8-15-35-37(36)38-28(25-41-35)12-9-23-40-38/h3-25H,1-2H3. The van der Waals surface area contributed by atoms with Crippen LogP contribution in [0.15, 0.2) is 140 Å². The second kappa shape index (κ2) is 9.39. The average molecular weight is 540 g/mol. The first-order valence-corrected chi connectivity index (χ1v) is 14.4. The van der Waals surface area contributed by atoms with E-state index < -0.39 is 0 Å². The molecule has 0 bridgehead atoms. The molecule has 1 aliphatic carbocycles. The molecule has 3 nitrogen and oxygen atoms in total. The molecule has 0 N–H and O–H groups in total. The van der Waals surface area contributed by atoms with E-state index in [0.29, 0.717) is 0 Å². The fourth-order valence-corrected chi connectivity index (χ4v) is 6.63. The molecule has 0 aliphatic heterocycles. The summed E-state index contributed by atoms with van der Waals surface area (Å²) in [6.45, 7) is 4.67. The van der Waals surface area contributed by atoms with Crippen molar-refractivity contribution in [3.63, 3.8) is 0 Å². The van der Waals surface area contributed by atoms with Crippen molar-refractivity contribution in [1.29, 1.82) is 0 Å². The quantitative estimate of drug-likeness (QED) is 0.208. The molecule has 8 rings (SSSR count). The molecule has 0 saturated carbocycles. The second-order valence-electron chi connectivity index (χ2n) is 11.5. The summed E-state index contributed by atoms with van der Waals surface area (Å²) in [5, 5.41) is 2.08. The molecule has 0 spiro atoms. The lowest BCUT2D eigenvalue weighted by molar-refractivity contribution is 0.660. The van der Waals surface area contributed by atoms with Crippen molar-refractivity contribution in [3.8, 4) is 22.3 Å². The first-order chi connectivity index (χ1) is 20.6. The average Bonchev–Trinajstić information content (AvgIpc) is 3.28. The summed E-state index contributed by atoms with van der Waals surface area (Å²) in [4.78, 5) is 12.0. The van der Waals surface area contributed by atoms with Crippen LogP contribution in [0.3, 0.4) is 0 Å². The van der Waals surface area contributed by atoms with Crippen molar-refractivity contribution in [2.45, 2.75) is 19.3 Å². The number of pyridine rings is 2. The third-order valence-corrected chi connectivity index (χ3v) is 8.74. The van der Waals surface area contributed by atoms with Gasteiger partial charge in [-0.25, -0.2) is 0 Å². The molecule has 200 valence electrons. The van der Waals surface area contributed by atoms with Gasteiger partial charge < -0.3 is 4.90 Å². The van der Waals surface area contributed by atoms with Gasteiger partial charge in [0.1, 0.15) is 0 Å². The topological polar surface area (TPSA) is 29.0 Å². The zero-order valence-corrected chi connectivity index (χ0v) is 23.6. The molecule has 0 unspecified atom stereocenters. The van der Waals surface area contributed by atoms with Gasteiger partial charge in [-0.1, -0.05) is 92.7 Å². The molecule has 7 aromatic rings. The van der Waals surface area contributed by atoms with Gasteiger partial charge in [-0.15, -0.1) is 0 Å². The number of hydrogen-bond acceptors (Lipinski definition) is 3. The molecule has 0 fully saturated rings. The first kappa shape index (κ1) is 24.5. The van der Waals surface area contributed by atoms with E-state index in [1.54, 1.807) is 0 Å². The Morgan fingerprint density at radius 2 is 1.31 bits per heavy atom. The highest BCUT2D eigenvalue weighted by atomic mass is 15.1. The van der Waals surface area contributed by atoms with Gasteiger partial charge in [0.2, 0.25) is 0 Å². The fraction of sp³-hybridized carbons (Fsp3) is 0.0769. The van der Waals surface area contributed by atoms with E-state index >= 15 is 0 Å². The molecule has 2 heterocycles. The molecule has 42 heavy (non-hydrogen) atoms. The van der Waals surface area contributed by atoms with Gasteiger partial charge in [-0.05, 0) is 81.9 Å². The van der Waals surface area contributed by atoms with Crippen molar-refractivity contribution < 1.29 is 0 Å². The first-order valence-electron chi connectivity index (χ1n) is 14.4. The minimum Gasteiger partial charge on any atom is -0.310 e. The van der Waals surface area contributed by atoms with Crippen LogP contribution in [0.1, 0.15) is 25.0 Å². The van der Waals surface area contributed by atoms with Crippen LogP contribution in [0.5, 0.6) is 0 Å². The summed E-state index contributed by atoms with van der Waals surface area (Å²) in [6, 6.07) is 45.6. The molecule has 0 radical (unpaired) electrons. The van der Waals surface area contributed by atoms with Gasteiger partial charge >= 0.3 is 0 Å². The van der Waals surface area contributed by atoms with E-state index in [0.717, 1.165) is 38.9 Å². The van der Waals surface area contributed by atoms with Gasteiger partial charge in [0.25, 0.3) is 0 Å². The molecule has 2 aromatic heterocycles. The number of benzene rings is 5. The summed E-state index contributed by atoms with van der Waals surface area (Å²) in [5.74, 6) is 0. The third-order valence-electron chi connectivity index (χ3n) is 8.74. The maximum Gasteiger partial charge on any atom is 0.0832 e. The van der Waals surface area contributed by atoms with Crippen molar-refractivity contribution in [1.82, 2.24) is 9.97 Å². The van der Waals surface area contributed by atoms with Crippen molar-refractivity contribution >= 4 is 38.9 Å². The van der Waals surface area contributed by atoms with Crippen molar-refractivity contribution in [3.05, 3.63) is 151 Å². The number of aromatic nitrogens is 2. The van der Waals surface area contributed by atoms with Gasteiger partial charge in [-0.3, -0.25) is 9.97 Å². The Hall–Kier alpha value is -5.28. The second-order valence-corrected chi connectivity index (χ2v) is 11.5. The predicted molar refractivity (Wildman–Crippen MR) is 175 cm³/mol. The minimum atomic E-state index is -0.0979. The number of rotatable bonds is 4. The van der Waals surface area contributed by atoms with E-state index in [-0.39, 0.29) is 5.41 Å². The molecule has 0 amide bonds. The third kappa shape index (κ3) is 3.74. The van der Waals surface area contributed by atoms with Crippen LogP contribution in [0.2, 0.25) is 0 Å². The maximum absolute atomic E-state index is 4.83. The normalized spacial score (nSPS) is 13.2. The Morgan fingerprint density at radius 1 is 0.571 bits per heavy atom. The molecular weight excluding hydrogens is 510 g/mol. The van der Waals surface area contributed by atoms with E-state index in [2.05, 4.69) is 140 Å². The monoisotopic (exact) mass is 539 g/mol. The van der Waals surface area contributed by atoms with Crippen LogP contribution in [-0.4, -0.2) is 9.97 Å². The van der Waals surface area contributed by atoms with Crippen LogP contribution < -0.4 is 4.90 Å². The van der Waals surface area contributed by atoms with Crippen LogP contribution in [-0.2, 0) is 5.41 Å². The van der Waals surface area contributed by atoms with E-state index in [1.807, 2.05) is 18.5 Å². The van der Waals surface area contributed by atoms with Crippen LogP contribution in [0.4, 0.5) is 17.1 Å². The number of hydrogen-bond donors (Lipinski definition) is 0. The molecular formula is C39H29N3. The van der Waals surface area contributed by atoms with E-state index in [1.165, 1.54) is 33.4 Å². The molecule has 0 atom stereocenters. The summed E-state index contributed by atoms with van der Waals surface area (Å²) in [5.41, 5.74) is 12.8. The van der Waals surface area contributed by atoms with Crippen molar-refractivity contribution in [2.75, 3.05) is 4.90 Å². The lowest BCUT2D eigenvalue weighted by atomic mass is 9.82. The summed E-state index contributed by atoms with van der Waals surface area (Å²) < 4.78 is 0. The zero-order chi connectivity index (χ0) is 28.3. The zero-order valence-electron chi connectivity index (χ0n) is 23.6. The van der Waals surface area contributed by atoms with Gasteiger partial charge in [-0.2, -0.15) is 0 Å². The minimum absolute atomic E-state index is 0.0979.